The van der Waals surface area contributed by atoms with Gasteiger partial charge in [0.2, 0.25) is 17.6 Å². The first-order chi connectivity index (χ1) is 25.2. The molecule has 55 heavy (non-hydrogen) atoms. The smallest absolute Gasteiger partial charge is 0.422 e. The summed E-state index contributed by atoms with van der Waals surface area (Å²) < 4.78 is 62.2. The van der Waals surface area contributed by atoms with Gasteiger partial charge in [-0.25, -0.2) is 4.98 Å². The van der Waals surface area contributed by atoms with Crippen molar-refractivity contribution in [2.75, 3.05) is 59.7 Å². The summed E-state index contributed by atoms with van der Waals surface area (Å²) in [7, 11) is 1.40. The van der Waals surface area contributed by atoms with Crippen LogP contribution in [0.3, 0.4) is 0 Å². The molecular weight excluding hydrogens is 784 g/mol. The molecule has 0 saturated carbocycles. The number of fused-ring (bicyclic) bond motifs is 1. The van der Waals surface area contributed by atoms with Crippen molar-refractivity contribution in [3.63, 3.8) is 0 Å². The van der Waals surface area contributed by atoms with Crippen molar-refractivity contribution in [2.24, 2.45) is 0 Å². The van der Waals surface area contributed by atoms with Crippen LogP contribution in [0.2, 0.25) is 0 Å². The number of nitrogens with zero attached hydrogens (tertiary/aromatic N) is 6. The number of amides is 1. The molecule has 1 unspecified atom stereocenters. The van der Waals surface area contributed by atoms with Crippen molar-refractivity contribution < 1.29 is 36.9 Å². The molecule has 0 radical (unpaired) electrons. The molecule has 6 rings (SSSR count). The highest BCUT2D eigenvalue weighted by molar-refractivity contribution is 5.96. The largest absolute Gasteiger partial charge is 0.481 e. The normalized spacial score (nSPS) is 17.2. The lowest BCUT2D eigenvalue weighted by Gasteiger charge is -2.53. The Hall–Kier alpha value is -4.08. The van der Waals surface area contributed by atoms with Crippen LogP contribution in [0.4, 0.5) is 13.2 Å². The van der Waals surface area contributed by atoms with Gasteiger partial charge in [-0.2, -0.15) is 23.1 Å². The van der Waals surface area contributed by atoms with E-state index in [0.29, 0.717) is 50.8 Å². The molecule has 0 aliphatic carbocycles. The van der Waals surface area contributed by atoms with Crippen LogP contribution in [0.5, 0.6) is 23.7 Å². The molecule has 4 heterocycles. The number of hydrogen-bond acceptors (Lipinski definition) is 10. The maximum atomic E-state index is 14.0. The summed E-state index contributed by atoms with van der Waals surface area (Å²) in [6.07, 6.45) is -2.99. The van der Waals surface area contributed by atoms with Gasteiger partial charge >= 0.3 is 12.2 Å². The van der Waals surface area contributed by atoms with Gasteiger partial charge in [-0.3, -0.25) is 14.6 Å². The van der Waals surface area contributed by atoms with E-state index in [1.54, 1.807) is 25.3 Å². The zero-order valence-electron chi connectivity index (χ0n) is 30.7. The van der Waals surface area contributed by atoms with E-state index >= 15 is 0 Å². The first kappa shape index (κ1) is 45.3. The predicted molar refractivity (Wildman–Crippen MR) is 209 cm³/mol. The summed E-state index contributed by atoms with van der Waals surface area (Å²) in [4.78, 5) is 33.3. The minimum atomic E-state index is -4.59. The third-order valence-corrected chi connectivity index (χ3v) is 9.27. The van der Waals surface area contributed by atoms with Gasteiger partial charge in [0.1, 0.15) is 5.56 Å². The van der Waals surface area contributed by atoms with Gasteiger partial charge in [0.15, 0.2) is 6.61 Å². The monoisotopic (exact) mass is 828 g/mol. The fraction of sp³-hybridized carbons (Fsp3) is 0.421. The number of pyridine rings is 1. The van der Waals surface area contributed by atoms with E-state index in [1.807, 2.05) is 48.2 Å². The van der Waals surface area contributed by atoms with Crippen LogP contribution >= 0.6 is 37.2 Å². The molecule has 11 nitrogen and oxygen atoms in total. The Morgan fingerprint density at radius 1 is 0.800 bits per heavy atom. The van der Waals surface area contributed by atoms with E-state index in [-0.39, 0.29) is 97.6 Å². The number of carbonyl (C=O) groups excluding carboxylic acids is 1. The number of ether oxygens (including phenoxy) is 4. The minimum Gasteiger partial charge on any atom is -0.481 e. The molecule has 4 aromatic rings. The van der Waals surface area contributed by atoms with Crippen LogP contribution < -0.4 is 18.9 Å². The Morgan fingerprint density at radius 3 is 2.04 bits per heavy atom. The number of benzene rings is 2. The lowest BCUT2D eigenvalue weighted by Crippen LogP contribution is -2.67. The standard InChI is InChI=1S/C38H43F3N6O5.3ClH/c1-4-50-33-29(17-12-18-42-33)36(48)46-19-20-47-28(22-46)21-45(24-31(47)32(26-13-8-6-9-14-26)27-15-10-7-11-16-27)23-30-34(49-3)43-37(51-5-2)44-35(30)52-25-38(39,40)41;;;/h6-18,28,31-32H,4-5,19-25H2,1-3H3;3*1H/t28-,31?;;;/m1.../s1. The van der Waals surface area contributed by atoms with Crippen LogP contribution in [-0.4, -0.2) is 113 Å². The highest BCUT2D eigenvalue weighted by atomic mass is 35.5. The van der Waals surface area contributed by atoms with E-state index in [9.17, 15) is 18.0 Å². The van der Waals surface area contributed by atoms with Crippen molar-refractivity contribution in [1.82, 2.24) is 29.7 Å². The molecule has 0 N–H and O–H groups in total. The number of halogens is 6. The fourth-order valence-corrected chi connectivity index (χ4v) is 7.17. The molecule has 0 spiro atoms. The number of hydrogen-bond donors (Lipinski definition) is 0. The van der Waals surface area contributed by atoms with Crippen LogP contribution in [0.1, 0.15) is 46.8 Å². The van der Waals surface area contributed by atoms with Gasteiger partial charge in [0.05, 0.1) is 25.9 Å². The predicted octanol–water partition coefficient (Wildman–Crippen LogP) is 6.73. The maximum Gasteiger partial charge on any atom is 0.422 e. The van der Waals surface area contributed by atoms with E-state index in [1.165, 1.54) is 7.11 Å². The molecule has 2 aliphatic rings. The minimum absolute atomic E-state index is 0. The van der Waals surface area contributed by atoms with Crippen LogP contribution in [0.15, 0.2) is 79.0 Å². The zero-order valence-corrected chi connectivity index (χ0v) is 33.1. The summed E-state index contributed by atoms with van der Waals surface area (Å²) in [6.45, 7) is 5.31. The van der Waals surface area contributed by atoms with Crippen LogP contribution in [0, 0.1) is 0 Å². The molecule has 2 aliphatic heterocycles. The summed E-state index contributed by atoms with van der Waals surface area (Å²) >= 11 is 0. The average Bonchev–Trinajstić information content (AvgIpc) is 3.15. The lowest BCUT2D eigenvalue weighted by atomic mass is 9.81. The Morgan fingerprint density at radius 2 is 1.44 bits per heavy atom. The Bertz CT molecular complexity index is 1760. The quantitative estimate of drug-likeness (QED) is 0.144. The van der Waals surface area contributed by atoms with E-state index in [2.05, 4.69) is 49.0 Å². The number of carbonyl (C=O) groups is 1. The van der Waals surface area contributed by atoms with Crippen LogP contribution in [-0.2, 0) is 6.54 Å². The number of alkyl halides is 3. The van der Waals surface area contributed by atoms with Crippen LogP contribution in [0.25, 0.3) is 0 Å². The number of aromatic nitrogens is 3. The Kier molecular flexibility index (Phi) is 17.1. The molecule has 2 fully saturated rings. The molecule has 2 aromatic carbocycles. The third-order valence-electron chi connectivity index (χ3n) is 9.27. The Labute approximate surface area is 337 Å². The first-order valence-electron chi connectivity index (χ1n) is 17.4. The topological polar surface area (TPSA) is 102 Å². The van der Waals surface area contributed by atoms with Gasteiger partial charge in [0, 0.05) is 63.5 Å². The molecule has 2 saturated heterocycles. The molecule has 2 atom stereocenters. The van der Waals surface area contributed by atoms with Crippen molar-refractivity contribution in [3.8, 4) is 23.7 Å². The fourth-order valence-electron chi connectivity index (χ4n) is 7.17. The molecule has 2 aromatic heterocycles. The second-order valence-electron chi connectivity index (χ2n) is 12.6. The molecule has 300 valence electrons. The summed E-state index contributed by atoms with van der Waals surface area (Å²) in [5.74, 6) is -0.121. The van der Waals surface area contributed by atoms with Gasteiger partial charge in [0.25, 0.3) is 5.91 Å². The Balaban J connectivity index is 0.00000271. The number of piperazine rings is 2. The van der Waals surface area contributed by atoms with E-state index in [4.69, 9.17) is 18.9 Å². The zero-order chi connectivity index (χ0) is 36.7. The SMILES string of the molecule is CCOc1nc(OC)c(CN2CC(C(c3ccccc3)c3ccccc3)N3CCN(C(=O)c4cccnc4OCC)C[C@H]3C2)c(OCC(F)(F)F)n1.Cl.Cl.Cl. The summed E-state index contributed by atoms with van der Waals surface area (Å²) in [5, 5.41) is 0. The molecule has 1 amide bonds. The van der Waals surface area contributed by atoms with E-state index in [0.717, 1.165) is 11.1 Å². The van der Waals surface area contributed by atoms with E-state index < -0.39 is 12.8 Å². The lowest BCUT2D eigenvalue weighted by molar-refractivity contribution is -0.154. The highest BCUT2D eigenvalue weighted by Gasteiger charge is 2.44. The molecule has 0 bridgehead atoms. The van der Waals surface area contributed by atoms with Crippen molar-refractivity contribution >= 4 is 43.1 Å². The molecular formula is C38H46Cl3F3N6O5. The first-order valence-corrected chi connectivity index (χ1v) is 17.4. The number of methoxy groups -OCH3 is 1. The van der Waals surface area contributed by atoms with Crippen molar-refractivity contribution in [3.05, 3.63) is 101 Å². The highest BCUT2D eigenvalue weighted by Crippen LogP contribution is 2.38. The summed E-state index contributed by atoms with van der Waals surface area (Å²) in [5.41, 5.74) is 2.94. The van der Waals surface area contributed by atoms with Gasteiger partial charge in [-0.15, -0.1) is 37.2 Å². The second-order valence-corrected chi connectivity index (χ2v) is 12.6. The second kappa shape index (κ2) is 20.7. The summed E-state index contributed by atoms with van der Waals surface area (Å²) in [6, 6.07) is 23.7. The molecule has 17 heteroatoms. The van der Waals surface area contributed by atoms with Gasteiger partial charge < -0.3 is 23.8 Å². The maximum absolute atomic E-state index is 14.0. The van der Waals surface area contributed by atoms with Gasteiger partial charge in [-0.05, 0) is 37.1 Å². The van der Waals surface area contributed by atoms with Gasteiger partial charge in [-0.1, -0.05) is 60.7 Å². The average molecular weight is 830 g/mol. The van der Waals surface area contributed by atoms with Crippen molar-refractivity contribution in [2.45, 2.75) is 44.6 Å². The number of rotatable bonds is 13. The third kappa shape index (κ3) is 11.0. The van der Waals surface area contributed by atoms with Crippen molar-refractivity contribution in [1.29, 1.82) is 0 Å².